The molecule has 1 aromatic rings. The Kier molecular flexibility index (Phi) is 4.33. The molecule has 8 nitrogen and oxygen atoms in total. The lowest BCUT2D eigenvalue weighted by atomic mass is 10.3. The first kappa shape index (κ1) is 16.9. The molecule has 1 fully saturated rings. The van der Waals surface area contributed by atoms with E-state index in [1.807, 2.05) is 0 Å². The smallest absolute Gasteiger partial charge is 0.330 e. The van der Waals surface area contributed by atoms with Crippen LogP contribution in [0.5, 0.6) is 0 Å². The summed E-state index contributed by atoms with van der Waals surface area (Å²) < 4.78 is 34.5. The maximum Gasteiger partial charge on any atom is 0.330 e. The third kappa shape index (κ3) is 2.64. The normalized spacial score (nSPS) is 23.7. The second kappa shape index (κ2) is 5.64. The molecule has 2 rings (SSSR count). The van der Waals surface area contributed by atoms with Gasteiger partial charge in [-0.1, -0.05) is 0 Å². The highest BCUT2D eigenvalue weighted by atomic mass is 32.2. The molecule has 1 aromatic heterocycles. The lowest BCUT2D eigenvalue weighted by Gasteiger charge is -2.34. The van der Waals surface area contributed by atoms with E-state index in [-0.39, 0.29) is 35.9 Å². The minimum Gasteiger partial charge on any atom is -0.373 e. The summed E-state index contributed by atoms with van der Waals surface area (Å²) in [5, 5.41) is 0. The summed E-state index contributed by atoms with van der Waals surface area (Å²) in [7, 11) is -1.27. The molecule has 124 valence electrons. The van der Waals surface area contributed by atoms with Crippen molar-refractivity contribution >= 4 is 10.0 Å². The van der Waals surface area contributed by atoms with Gasteiger partial charge in [-0.05, 0) is 20.8 Å². The van der Waals surface area contributed by atoms with Gasteiger partial charge in [0.1, 0.15) is 0 Å². The van der Waals surface area contributed by atoms with Crippen LogP contribution in [-0.2, 0) is 28.9 Å². The Hall–Kier alpha value is -1.45. The summed E-state index contributed by atoms with van der Waals surface area (Å²) in [6.07, 6.45) is -0.509. The molecule has 9 heteroatoms. The average Bonchev–Trinajstić information content (AvgIpc) is 2.42. The number of morpholine rings is 1. The number of sulfonamides is 1. The Labute approximate surface area is 129 Å². The first-order chi connectivity index (χ1) is 10.1. The number of rotatable bonds is 2. The van der Waals surface area contributed by atoms with Crippen molar-refractivity contribution in [1.29, 1.82) is 0 Å². The number of aromatic nitrogens is 2. The lowest BCUT2D eigenvalue weighted by molar-refractivity contribution is -0.0441. The molecule has 0 saturated carbocycles. The maximum absolute atomic E-state index is 12.9. The molecule has 0 spiro atoms. The van der Waals surface area contributed by atoms with E-state index >= 15 is 0 Å². The summed E-state index contributed by atoms with van der Waals surface area (Å²) in [5.74, 6) is 0. The van der Waals surface area contributed by atoms with E-state index in [9.17, 15) is 18.0 Å². The summed E-state index contributed by atoms with van der Waals surface area (Å²) >= 11 is 0. The second-order valence-corrected chi connectivity index (χ2v) is 7.57. The number of nitrogens with zero attached hydrogens (tertiary/aromatic N) is 3. The third-order valence-electron chi connectivity index (χ3n) is 3.89. The van der Waals surface area contributed by atoms with Crippen LogP contribution in [0.3, 0.4) is 0 Å². The molecule has 1 saturated heterocycles. The van der Waals surface area contributed by atoms with Crippen LogP contribution in [0.15, 0.2) is 14.5 Å². The fourth-order valence-corrected chi connectivity index (χ4v) is 4.61. The Morgan fingerprint density at radius 3 is 2.05 bits per heavy atom. The molecule has 22 heavy (non-hydrogen) atoms. The Morgan fingerprint density at radius 2 is 1.55 bits per heavy atom. The minimum absolute atomic E-state index is 0.139. The summed E-state index contributed by atoms with van der Waals surface area (Å²) in [6.45, 7) is 5.38. The summed E-state index contributed by atoms with van der Waals surface area (Å²) in [4.78, 5) is 23.8. The molecule has 0 unspecified atom stereocenters. The third-order valence-corrected chi connectivity index (χ3v) is 5.85. The van der Waals surface area contributed by atoms with Crippen LogP contribution in [0, 0.1) is 6.92 Å². The first-order valence-corrected chi connectivity index (χ1v) is 8.43. The molecule has 0 aliphatic carbocycles. The Balaban J connectivity index is 2.65. The highest BCUT2D eigenvalue weighted by molar-refractivity contribution is 7.89. The molecule has 0 bridgehead atoms. The average molecular weight is 331 g/mol. The van der Waals surface area contributed by atoms with Crippen LogP contribution in [0.4, 0.5) is 0 Å². The van der Waals surface area contributed by atoms with Crippen molar-refractivity contribution in [3.8, 4) is 0 Å². The van der Waals surface area contributed by atoms with Gasteiger partial charge in [0.25, 0.3) is 15.6 Å². The topological polar surface area (TPSA) is 90.6 Å². The van der Waals surface area contributed by atoms with Crippen molar-refractivity contribution in [3.63, 3.8) is 0 Å². The van der Waals surface area contributed by atoms with E-state index in [0.29, 0.717) is 0 Å². The maximum atomic E-state index is 12.9. The summed E-state index contributed by atoms with van der Waals surface area (Å²) in [5.41, 5.74) is -1.21. The highest BCUT2D eigenvalue weighted by Crippen LogP contribution is 2.20. The van der Waals surface area contributed by atoms with Gasteiger partial charge in [-0.15, -0.1) is 0 Å². The van der Waals surface area contributed by atoms with E-state index in [2.05, 4.69) is 0 Å². The van der Waals surface area contributed by atoms with E-state index in [4.69, 9.17) is 4.74 Å². The van der Waals surface area contributed by atoms with Gasteiger partial charge < -0.3 is 4.74 Å². The summed E-state index contributed by atoms with van der Waals surface area (Å²) in [6, 6.07) is 0. The van der Waals surface area contributed by atoms with Crippen molar-refractivity contribution in [2.45, 2.75) is 37.9 Å². The lowest BCUT2D eigenvalue weighted by Crippen LogP contribution is -2.50. The van der Waals surface area contributed by atoms with E-state index in [1.54, 1.807) is 13.8 Å². The van der Waals surface area contributed by atoms with Crippen molar-refractivity contribution < 1.29 is 13.2 Å². The Bertz CT molecular complexity index is 798. The van der Waals surface area contributed by atoms with Crippen LogP contribution >= 0.6 is 0 Å². The molecule has 1 aliphatic heterocycles. The number of ether oxygens (including phenoxy) is 1. The van der Waals surface area contributed by atoms with Crippen molar-refractivity contribution in [2.75, 3.05) is 13.1 Å². The number of hydrogen-bond acceptors (Lipinski definition) is 5. The van der Waals surface area contributed by atoms with Crippen molar-refractivity contribution in [2.24, 2.45) is 14.1 Å². The number of hydrogen-bond donors (Lipinski definition) is 0. The van der Waals surface area contributed by atoms with Crippen molar-refractivity contribution in [3.05, 3.63) is 26.5 Å². The molecular formula is C13H21N3O5S. The van der Waals surface area contributed by atoms with Gasteiger partial charge in [0.2, 0.25) is 0 Å². The van der Waals surface area contributed by atoms with Gasteiger partial charge in [-0.2, -0.15) is 4.31 Å². The fourth-order valence-electron chi connectivity index (χ4n) is 2.67. The zero-order valence-corrected chi connectivity index (χ0v) is 14.2. The molecule has 2 atom stereocenters. The minimum atomic E-state index is -3.99. The monoisotopic (exact) mass is 331 g/mol. The van der Waals surface area contributed by atoms with Crippen molar-refractivity contribution in [1.82, 2.24) is 13.4 Å². The van der Waals surface area contributed by atoms with Gasteiger partial charge in [-0.25, -0.2) is 13.2 Å². The molecule has 1 aliphatic rings. The predicted molar refractivity (Wildman–Crippen MR) is 80.4 cm³/mol. The molecule has 0 N–H and O–H groups in total. The zero-order valence-electron chi connectivity index (χ0n) is 13.4. The molecule has 0 radical (unpaired) electrons. The SMILES string of the molecule is Cc1c(S(=O)(=O)N2C[C@@H](C)O[C@H](C)C2)c(=O)n(C)c(=O)n1C. The van der Waals surface area contributed by atoms with Gasteiger partial charge in [-0.3, -0.25) is 13.9 Å². The van der Waals surface area contributed by atoms with Gasteiger partial charge in [0.05, 0.1) is 12.2 Å². The molecule has 0 amide bonds. The quantitative estimate of drug-likeness (QED) is 0.707. The van der Waals surface area contributed by atoms with Gasteiger partial charge in [0.15, 0.2) is 4.90 Å². The standard InChI is InChI=1S/C13H21N3O5S/c1-8-6-16(7-9(2)21-8)22(19,20)11-10(3)14(4)13(18)15(5)12(11)17/h8-9H,6-7H2,1-5H3/t8-,9-/m1/s1. The van der Waals surface area contributed by atoms with Crippen LogP contribution in [0.25, 0.3) is 0 Å². The van der Waals surface area contributed by atoms with Gasteiger partial charge in [0, 0.05) is 32.9 Å². The van der Waals surface area contributed by atoms with Crippen LogP contribution < -0.4 is 11.2 Å². The van der Waals surface area contributed by atoms with Crippen LogP contribution in [-0.4, -0.2) is 47.2 Å². The van der Waals surface area contributed by atoms with Crippen LogP contribution in [0.1, 0.15) is 19.5 Å². The van der Waals surface area contributed by atoms with Gasteiger partial charge >= 0.3 is 5.69 Å². The van der Waals surface area contributed by atoms with E-state index in [0.717, 1.165) is 4.57 Å². The Morgan fingerprint density at radius 1 is 1.05 bits per heavy atom. The predicted octanol–water partition coefficient (Wildman–Crippen LogP) is -0.810. The molecule has 0 aromatic carbocycles. The highest BCUT2D eigenvalue weighted by Gasteiger charge is 2.36. The van der Waals surface area contributed by atoms with E-state index in [1.165, 1.54) is 29.9 Å². The van der Waals surface area contributed by atoms with E-state index < -0.39 is 21.3 Å². The fraction of sp³-hybridized carbons (Fsp3) is 0.692. The first-order valence-electron chi connectivity index (χ1n) is 6.99. The van der Waals surface area contributed by atoms with Crippen LogP contribution in [0.2, 0.25) is 0 Å². The second-order valence-electron chi connectivity index (χ2n) is 5.70. The zero-order chi connectivity index (χ0) is 16.8. The molecular weight excluding hydrogens is 310 g/mol. The largest absolute Gasteiger partial charge is 0.373 e. The molecule has 2 heterocycles.